The standard InChI is InChI=1S/C21H30N2O5/c1-20(2,3)27-18(24)22-17(23-19(25)28-21(4,5)6)26-16-12-11-14-9-7-8-10-15(14)13-16/h11-13H,7-10H2,1-6H3,(H,22,23,24,25). The molecular weight excluding hydrogens is 360 g/mol. The Morgan fingerprint density at radius 1 is 0.929 bits per heavy atom. The van der Waals surface area contributed by atoms with Crippen LogP contribution in [-0.4, -0.2) is 29.4 Å². The van der Waals surface area contributed by atoms with Crippen molar-refractivity contribution in [3.63, 3.8) is 0 Å². The zero-order valence-corrected chi connectivity index (χ0v) is 17.5. The summed E-state index contributed by atoms with van der Waals surface area (Å²) >= 11 is 0. The van der Waals surface area contributed by atoms with Gasteiger partial charge in [0.2, 0.25) is 0 Å². The molecule has 1 N–H and O–H groups in total. The number of alkyl carbamates (subject to hydrolysis) is 1. The number of rotatable bonds is 1. The lowest BCUT2D eigenvalue weighted by atomic mass is 9.92. The van der Waals surface area contributed by atoms with Crippen molar-refractivity contribution in [3.05, 3.63) is 29.3 Å². The number of carbonyl (C=O) groups is 2. The number of nitrogens with one attached hydrogen (secondary N) is 1. The first-order chi connectivity index (χ1) is 12.9. The van der Waals surface area contributed by atoms with Gasteiger partial charge in [0, 0.05) is 0 Å². The molecule has 1 aliphatic rings. The Hall–Kier alpha value is -2.57. The number of fused-ring (bicyclic) bond motifs is 1. The first kappa shape index (κ1) is 21.7. The number of nitrogens with zero attached hydrogens (tertiary/aromatic N) is 1. The molecule has 1 aromatic rings. The van der Waals surface area contributed by atoms with Crippen LogP contribution < -0.4 is 10.1 Å². The number of carbonyl (C=O) groups excluding carboxylic acids is 2. The molecule has 1 aliphatic carbocycles. The lowest BCUT2D eigenvalue weighted by molar-refractivity contribution is 0.0554. The van der Waals surface area contributed by atoms with Crippen molar-refractivity contribution in [3.8, 4) is 5.75 Å². The molecule has 0 fully saturated rings. The predicted molar refractivity (Wildman–Crippen MR) is 107 cm³/mol. The number of aliphatic imine (C=N–C) groups is 1. The summed E-state index contributed by atoms with van der Waals surface area (Å²) in [5.41, 5.74) is 1.08. The van der Waals surface area contributed by atoms with Crippen molar-refractivity contribution in [2.45, 2.75) is 78.4 Å². The smallest absolute Gasteiger partial charge is 0.438 e. The first-order valence-electron chi connectivity index (χ1n) is 9.53. The maximum absolute atomic E-state index is 12.1. The van der Waals surface area contributed by atoms with E-state index in [1.165, 1.54) is 17.5 Å². The van der Waals surface area contributed by atoms with E-state index >= 15 is 0 Å². The van der Waals surface area contributed by atoms with Crippen LogP contribution in [0.2, 0.25) is 0 Å². The molecule has 0 saturated carbocycles. The van der Waals surface area contributed by atoms with Gasteiger partial charge in [-0.3, -0.25) is 0 Å². The molecule has 0 unspecified atom stereocenters. The Bertz CT molecular complexity index is 757. The average molecular weight is 390 g/mol. The van der Waals surface area contributed by atoms with E-state index < -0.39 is 23.4 Å². The Morgan fingerprint density at radius 3 is 2.14 bits per heavy atom. The van der Waals surface area contributed by atoms with Crippen molar-refractivity contribution in [2.24, 2.45) is 4.99 Å². The van der Waals surface area contributed by atoms with Gasteiger partial charge in [-0.25, -0.2) is 14.9 Å². The van der Waals surface area contributed by atoms with E-state index in [1.807, 2.05) is 12.1 Å². The highest BCUT2D eigenvalue weighted by atomic mass is 16.6. The van der Waals surface area contributed by atoms with E-state index in [0.717, 1.165) is 19.3 Å². The third-order valence-corrected chi connectivity index (χ3v) is 3.73. The van der Waals surface area contributed by atoms with Crippen molar-refractivity contribution < 1.29 is 23.8 Å². The molecule has 0 aromatic heterocycles. The fourth-order valence-electron chi connectivity index (χ4n) is 2.72. The fraction of sp³-hybridized carbons (Fsp3) is 0.571. The van der Waals surface area contributed by atoms with Crippen LogP contribution in [0.15, 0.2) is 23.2 Å². The molecule has 0 aliphatic heterocycles. The van der Waals surface area contributed by atoms with Gasteiger partial charge in [0.1, 0.15) is 17.0 Å². The highest BCUT2D eigenvalue weighted by Crippen LogP contribution is 2.25. The lowest BCUT2D eigenvalue weighted by Gasteiger charge is -2.21. The maximum atomic E-state index is 12.1. The molecule has 0 bridgehead atoms. The first-order valence-corrected chi connectivity index (χ1v) is 9.53. The van der Waals surface area contributed by atoms with Gasteiger partial charge >= 0.3 is 18.2 Å². The quantitative estimate of drug-likeness (QED) is 0.552. The summed E-state index contributed by atoms with van der Waals surface area (Å²) < 4.78 is 16.1. The van der Waals surface area contributed by atoms with Crippen molar-refractivity contribution in [1.82, 2.24) is 5.32 Å². The average Bonchev–Trinajstić information content (AvgIpc) is 2.50. The highest BCUT2D eigenvalue weighted by molar-refractivity contribution is 5.96. The molecule has 0 atom stereocenters. The summed E-state index contributed by atoms with van der Waals surface area (Å²) in [6.07, 6.45) is 2.70. The Balaban J connectivity index is 2.19. The molecule has 7 nitrogen and oxygen atoms in total. The Labute approximate surface area is 166 Å². The molecule has 1 aromatic carbocycles. The fourth-order valence-corrected chi connectivity index (χ4v) is 2.72. The van der Waals surface area contributed by atoms with Crippen LogP contribution in [0.5, 0.6) is 5.75 Å². The number of ether oxygens (including phenoxy) is 3. The van der Waals surface area contributed by atoms with E-state index in [0.29, 0.717) is 5.75 Å². The van der Waals surface area contributed by atoms with Crippen LogP contribution in [-0.2, 0) is 22.3 Å². The summed E-state index contributed by atoms with van der Waals surface area (Å²) in [5.74, 6) is 0.485. The second kappa shape index (κ2) is 8.63. The second-order valence-corrected chi connectivity index (χ2v) is 8.76. The van der Waals surface area contributed by atoms with Gasteiger partial charge in [-0.15, -0.1) is 4.99 Å². The number of benzene rings is 1. The van der Waals surface area contributed by atoms with E-state index in [2.05, 4.69) is 10.3 Å². The van der Waals surface area contributed by atoms with Gasteiger partial charge in [-0.1, -0.05) is 6.07 Å². The molecular formula is C21H30N2O5. The predicted octanol–water partition coefficient (Wildman–Crippen LogP) is 4.76. The highest BCUT2D eigenvalue weighted by Gasteiger charge is 2.22. The molecule has 0 spiro atoms. The van der Waals surface area contributed by atoms with Crippen LogP contribution >= 0.6 is 0 Å². The minimum absolute atomic E-state index is 0.292. The summed E-state index contributed by atoms with van der Waals surface area (Å²) in [7, 11) is 0. The molecule has 154 valence electrons. The van der Waals surface area contributed by atoms with Crippen LogP contribution in [0.25, 0.3) is 0 Å². The zero-order chi connectivity index (χ0) is 20.9. The van der Waals surface area contributed by atoms with Crippen LogP contribution in [0.4, 0.5) is 9.59 Å². The van der Waals surface area contributed by atoms with E-state index in [1.54, 1.807) is 47.6 Å². The molecule has 28 heavy (non-hydrogen) atoms. The summed E-state index contributed by atoms with van der Waals surface area (Å²) in [5, 5.41) is 2.38. The monoisotopic (exact) mass is 390 g/mol. The Morgan fingerprint density at radius 2 is 1.54 bits per heavy atom. The summed E-state index contributed by atoms with van der Waals surface area (Å²) in [6, 6.07) is 5.42. The molecule has 0 radical (unpaired) electrons. The lowest BCUT2D eigenvalue weighted by Crippen LogP contribution is -2.39. The van der Waals surface area contributed by atoms with Crippen molar-refractivity contribution in [1.29, 1.82) is 0 Å². The number of hydrogen-bond donors (Lipinski definition) is 1. The molecule has 7 heteroatoms. The largest absolute Gasteiger partial charge is 0.443 e. The van der Waals surface area contributed by atoms with E-state index in [4.69, 9.17) is 14.2 Å². The van der Waals surface area contributed by atoms with Gasteiger partial charge < -0.3 is 14.2 Å². The minimum Gasteiger partial charge on any atom is -0.443 e. The van der Waals surface area contributed by atoms with Crippen molar-refractivity contribution >= 4 is 18.2 Å². The number of hydrogen-bond acceptors (Lipinski definition) is 5. The van der Waals surface area contributed by atoms with Gasteiger partial charge in [-0.05, 0) is 90.5 Å². The van der Waals surface area contributed by atoms with E-state index in [9.17, 15) is 9.59 Å². The van der Waals surface area contributed by atoms with Crippen LogP contribution in [0.3, 0.4) is 0 Å². The van der Waals surface area contributed by atoms with Crippen LogP contribution in [0, 0.1) is 0 Å². The normalized spacial score (nSPS) is 14.7. The minimum atomic E-state index is -0.864. The van der Waals surface area contributed by atoms with E-state index in [-0.39, 0.29) is 6.02 Å². The SMILES string of the molecule is CC(C)(C)OC(=O)N=C(NC(=O)OC(C)(C)C)Oc1ccc2c(c1)CCCC2. The number of amidine groups is 1. The van der Waals surface area contributed by atoms with Gasteiger partial charge in [0.05, 0.1) is 0 Å². The molecule has 2 amide bonds. The maximum Gasteiger partial charge on any atom is 0.438 e. The van der Waals surface area contributed by atoms with Crippen LogP contribution in [0.1, 0.15) is 65.5 Å². The summed E-state index contributed by atoms with van der Waals surface area (Å²) in [6.45, 7) is 10.4. The molecule has 0 saturated heterocycles. The molecule has 2 rings (SSSR count). The number of amides is 2. The van der Waals surface area contributed by atoms with Crippen molar-refractivity contribution in [2.75, 3.05) is 0 Å². The molecule has 0 heterocycles. The third kappa shape index (κ3) is 7.58. The topological polar surface area (TPSA) is 86.2 Å². The zero-order valence-electron chi connectivity index (χ0n) is 17.5. The third-order valence-electron chi connectivity index (χ3n) is 3.73. The Kier molecular flexibility index (Phi) is 6.69. The second-order valence-electron chi connectivity index (χ2n) is 8.76. The van der Waals surface area contributed by atoms with Gasteiger partial charge in [0.25, 0.3) is 0 Å². The number of aryl methyl sites for hydroxylation is 2. The van der Waals surface area contributed by atoms with Gasteiger partial charge in [-0.2, -0.15) is 0 Å². The summed E-state index contributed by atoms with van der Waals surface area (Å²) in [4.78, 5) is 27.9. The van der Waals surface area contributed by atoms with Gasteiger partial charge in [0.15, 0.2) is 0 Å².